The Morgan fingerprint density at radius 1 is 1.41 bits per heavy atom. The Labute approximate surface area is 102 Å². The third-order valence-electron chi connectivity index (χ3n) is 2.10. The second-order valence-corrected chi connectivity index (χ2v) is 3.96. The molecule has 0 aromatic carbocycles. The molecule has 1 aromatic rings. The molecule has 0 spiro atoms. The fraction of sp³-hybridized carbons (Fsp3) is 0.636. The molecule has 0 atom stereocenters. The lowest BCUT2D eigenvalue weighted by atomic mass is 10.4. The van der Waals surface area contributed by atoms with E-state index < -0.39 is 0 Å². The minimum atomic E-state index is 0.469. The Kier molecular flexibility index (Phi) is 6.27. The van der Waals surface area contributed by atoms with Crippen LogP contribution in [0.4, 0.5) is 5.82 Å². The van der Waals surface area contributed by atoms with Gasteiger partial charge in [-0.05, 0) is 27.1 Å². The number of aromatic nitrogens is 2. The zero-order valence-corrected chi connectivity index (χ0v) is 10.5. The van der Waals surface area contributed by atoms with Crippen molar-refractivity contribution >= 4 is 5.82 Å². The maximum atomic E-state index is 5.35. The lowest BCUT2D eigenvalue weighted by Gasteiger charge is -2.10. The van der Waals surface area contributed by atoms with E-state index in [1.165, 1.54) is 6.33 Å². The van der Waals surface area contributed by atoms with E-state index in [4.69, 9.17) is 10.5 Å². The highest BCUT2D eigenvalue weighted by atomic mass is 16.5. The average molecular weight is 239 g/mol. The van der Waals surface area contributed by atoms with Crippen LogP contribution in [0.5, 0.6) is 5.88 Å². The van der Waals surface area contributed by atoms with Crippen LogP contribution in [0.25, 0.3) is 0 Å². The monoisotopic (exact) mass is 239 g/mol. The van der Waals surface area contributed by atoms with E-state index >= 15 is 0 Å². The number of rotatable bonds is 8. The number of hydrogen-bond donors (Lipinski definition) is 2. The van der Waals surface area contributed by atoms with E-state index in [0.29, 0.717) is 19.0 Å². The van der Waals surface area contributed by atoms with Crippen LogP contribution in [0.2, 0.25) is 0 Å². The Morgan fingerprint density at radius 2 is 2.24 bits per heavy atom. The van der Waals surface area contributed by atoms with Crippen molar-refractivity contribution in [1.82, 2.24) is 14.9 Å². The average Bonchev–Trinajstić information content (AvgIpc) is 2.32. The van der Waals surface area contributed by atoms with Gasteiger partial charge in [-0.1, -0.05) is 0 Å². The van der Waals surface area contributed by atoms with E-state index in [0.717, 1.165) is 25.3 Å². The number of ether oxygens (including phenoxy) is 1. The van der Waals surface area contributed by atoms with Crippen LogP contribution < -0.4 is 15.8 Å². The van der Waals surface area contributed by atoms with Crippen molar-refractivity contribution < 1.29 is 4.74 Å². The Balaban J connectivity index is 2.32. The van der Waals surface area contributed by atoms with E-state index in [9.17, 15) is 0 Å². The van der Waals surface area contributed by atoms with Crippen molar-refractivity contribution in [2.75, 3.05) is 45.7 Å². The molecule has 0 radical (unpaired) electrons. The summed E-state index contributed by atoms with van der Waals surface area (Å²) in [5.41, 5.74) is 5.35. The first-order valence-corrected chi connectivity index (χ1v) is 5.76. The van der Waals surface area contributed by atoms with Gasteiger partial charge in [0.05, 0.1) is 0 Å². The highest BCUT2D eigenvalue weighted by Gasteiger charge is 1.99. The van der Waals surface area contributed by atoms with Crippen LogP contribution >= 0.6 is 0 Å². The number of nitrogens with one attached hydrogen (secondary N) is 1. The summed E-state index contributed by atoms with van der Waals surface area (Å²) in [6, 6.07) is 1.78. The summed E-state index contributed by atoms with van der Waals surface area (Å²) in [6.07, 6.45) is 2.55. The van der Waals surface area contributed by atoms with Gasteiger partial charge in [0.2, 0.25) is 5.88 Å². The summed E-state index contributed by atoms with van der Waals surface area (Å²) in [4.78, 5) is 10.3. The maximum Gasteiger partial charge on any atom is 0.218 e. The zero-order valence-electron chi connectivity index (χ0n) is 10.5. The van der Waals surface area contributed by atoms with Gasteiger partial charge in [-0.25, -0.2) is 9.97 Å². The molecule has 0 fully saturated rings. The van der Waals surface area contributed by atoms with Gasteiger partial charge in [0.1, 0.15) is 18.8 Å². The molecule has 96 valence electrons. The van der Waals surface area contributed by atoms with Crippen LogP contribution in [-0.4, -0.2) is 55.2 Å². The SMILES string of the molecule is CN(C)CCCNc1cc(OCCN)ncn1. The molecule has 0 saturated heterocycles. The van der Waals surface area contributed by atoms with Crippen molar-refractivity contribution in [3.05, 3.63) is 12.4 Å². The van der Waals surface area contributed by atoms with Gasteiger partial charge >= 0.3 is 0 Å². The molecular weight excluding hydrogens is 218 g/mol. The predicted octanol–water partition coefficient (Wildman–Crippen LogP) is 0.178. The predicted molar refractivity (Wildman–Crippen MR) is 68.2 cm³/mol. The van der Waals surface area contributed by atoms with E-state index in [1.54, 1.807) is 6.07 Å². The second-order valence-electron chi connectivity index (χ2n) is 3.96. The molecule has 1 rings (SSSR count). The minimum absolute atomic E-state index is 0.469. The molecular formula is C11H21N5O. The van der Waals surface area contributed by atoms with E-state index in [-0.39, 0.29) is 0 Å². The standard InChI is InChI=1S/C11H21N5O/c1-16(2)6-3-5-13-10-8-11(15-9-14-10)17-7-4-12/h8-9H,3-7,12H2,1-2H3,(H,13,14,15). The topological polar surface area (TPSA) is 76.3 Å². The van der Waals surface area contributed by atoms with Crippen molar-refractivity contribution in [2.45, 2.75) is 6.42 Å². The third-order valence-corrected chi connectivity index (χ3v) is 2.10. The summed E-state index contributed by atoms with van der Waals surface area (Å²) < 4.78 is 5.32. The smallest absolute Gasteiger partial charge is 0.218 e. The molecule has 6 nitrogen and oxygen atoms in total. The zero-order chi connectivity index (χ0) is 12.5. The fourth-order valence-corrected chi connectivity index (χ4v) is 1.29. The van der Waals surface area contributed by atoms with E-state index in [1.807, 2.05) is 0 Å². The molecule has 0 unspecified atom stereocenters. The van der Waals surface area contributed by atoms with Crippen LogP contribution in [0.3, 0.4) is 0 Å². The first-order valence-electron chi connectivity index (χ1n) is 5.76. The first kappa shape index (κ1) is 13.7. The second kappa shape index (κ2) is 7.81. The molecule has 1 heterocycles. The van der Waals surface area contributed by atoms with Crippen LogP contribution in [0.15, 0.2) is 12.4 Å². The lowest BCUT2D eigenvalue weighted by molar-refractivity contribution is 0.315. The van der Waals surface area contributed by atoms with Crippen molar-refractivity contribution in [3.63, 3.8) is 0 Å². The number of nitrogens with zero attached hydrogens (tertiary/aromatic N) is 3. The highest BCUT2D eigenvalue weighted by Crippen LogP contribution is 2.10. The summed E-state index contributed by atoms with van der Waals surface area (Å²) in [7, 11) is 4.12. The first-order chi connectivity index (χ1) is 8.22. The van der Waals surface area contributed by atoms with Gasteiger partial charge in [-0.15, -0.1) is 0 Å². The number of nitrogens with two attached hydrogens (primary N) is 1. The van der Waals surface area contributed by atoms with Crippen LogP contribution in [0.1, 0.15) is 6.42 Å². The van der Waals surface area contributed by atoms with Crippen molar-refractivity contribution in [1.29, 1.82) is 0 Å². The largest absolute Gasteiger partial charge is 0.476 e. The maximum absolute atomic E-state index is 5.35. The summed E-state index contributed by atoms with van der Waals surface area (Å²) in [5.74, 6) is 1.34. The molecule has 3 N–H and O–H groups in total. The number of hydrogen-bond acceptors (Lipinski definition) is 6. The van der Waals surface area contributed by atoms with Crippen LogP contribution in [-0.2, 0) is 0 Å². The Bertz CT molecular complexity index is 318. The van der Waals surface area contributed by atoms with Gasteiger partial charge < -0.3 is 20.7 Å². The van der Waals surface area contributed by atoms with Crippen LogP contribution in [0, 0.1) is 0 Å². The quantitative estimate of drug-likeness (QED) is 0.630. The lowest BCUT2D eigenvalue weighted by Crippen LogP contribution is -2.16. The van der Waals surface area contributed by atoms with Crippen molar-refractivity contribution in [2.24, 2.45) is 5.73 Å². The highest BCUT2D eigenvalue weighted by molar-refractivity contribution is 5.36. The van der Waals surface area contributed by atoms with Gasteiger partial charge in [-0.2, -0.15) is 0 Å². The molecule has 6 heteroatoms. The Hall–Kier alpha value is -1.40. The normalized spacial score (nSPS) is 10.6. The fourth-order valence-electron chi connectivity index (χ4n) is 1.29. The number of anilines is 1. The van der Waals surface area contributed by atoms with Gasteiger partial charge in [0.15, 0.2) is 0 Å². The molecule has 0 aliphatic rings. The molecule has 0 aliphatic carbocycles. The van der Waals surface area contributed by atoms with Crippen molar-refractivity contribution in [3.8, 4) is 5.88 Å². The third kappa shape index (κ3) is 6.03. The van der Waals surface area contributed by atoms with Gasteiger partial charge in [0, 0.05) is 19.2 Å². The van der Waals surface area contributed by atoms with E-state index in [2.05, 4.69) is 34.3 Å². The molecule has 0 aliphatic heterocycles. The molecule has 0 amide bonds. The molecule has 0 saturated carbocycles. The Morgan fingerprint density at radius 3 is 2.94 bits per heavy atom. The molecule has 17 heavy (non-hydrogen) atoms. The van der Waals surface area contributed by atoms with Gasteiger partial charge in [-0.3, -0.25) is 0 Å². The van der Waals surface area contributed by atoms with Gasteiger partial charge in [0.25, 0.3) is 0 Å². The summed E-state index contributed by atoms with van der Waals surface area (Å²) >= 11 is 0. The molecule has 0 bridgehead atoms. The summed E-state index contributed by atoms with van der Waals surface area (Å²) in [6.45, 7) is 2.88. The summed E-state index contributed by atoms with van der Waals surface area (Å²) in [5, 5.41) is 3.23. The minimum Gasteiger partial charge on any atom is -0.476 e. The molecule has 1 aromatic heterocycles.